The molecule has 1 aromatic heterocycles. The van der Waals surface area contributed by atoms with Crippen LogP contribution < -0.4 is 11.1 Å². The maximum absolute atomic E-state index is 12.2. The lowest BCUT2D eigenvalue weighted by atomic mass is 9.98. The summed E-state index contributed by atoms with van der Waals surface area (Å²) in [6.07, 6.45) is 1.87. The van der Waals surface area contributed by atoms with Crippen molar-refractivity contribution in [3.05, 3.63) is 41.7 Å². The molecule has 2 saturated carbocycles. The van der Waals surface area contributed by atoms with Crippen molar-refractivity contribution in [1.82, 2.24) is 15.2 Å². The van der Waals surface area contributed by atoms with E-state index >= 15 is 0 Å². The fraction of sp³-hybridized carbons (Fsp3) is 0.531. The highest BCUT2D eigenvalue weighted by Crippen LogP contribution is 2.62. The molecule has 1 aliphatic heterocycles. The van der Waals surface area contributed by atoms with Crippen LogP contribution in [-0.4, -0.2) is 59.1 Å². The van der Waals surface area contributed by atoms with Crippen LogP contribution in [0, 0.1) is 40.4 Å². The van der Waals surface area contributed by atoms with E-state index in [1.807, 2.05) is 25.1 Å². The van der Waals surface area contributed by atoms with Gasteiger partial charge in [-0.1, -0.05) is 31.9 Å². The Hall–Kier alpha value is -4.16. The molecule has 0 spiro atoms. The number of carbonyl (C=O) groups excluding carboxylic acids is 3. The number of hydrogen-bond donors (Lipinski definition) is 2. The number of ether oxygens (including phenoxy) is 1. The molecule has 12 heteroatoms. The third-order valence-electron chi connectivity index (χ3n) is 8.40. The lowest BCUT2D eigenvalue weighted by Gasteiger charge is -2.25. The number of rotatable bonds is 7. The van der Waals surface area contributed by atoms with Crippen LogP contribution in [0.2, 0.25) is 0 Å². The van der Waals surface area contributed by atoms with Crippen LogP contribution in [0.4, 0.5) is 13.2 Å². The predicted molar refractivity (Wildman–Crippen MR) is 157 cm³/mol. The van der Waals surface area contributed by atoms with Gasteiger partial charge in [0, 0.05) is 47.4 Å². The maximum atomic E-state index is 12.2. The van der Waals surface area contributed by atoms with Crippen LogP contribution in [0.1, 0.15) is 71.0 Å². The molecular weight excluding hydrogens is 575 g/mol. The first-order valence-corrected chi connectivity index (χ1v) is 14.3. The summed E-state index contributed by atoms with van der Waals surface area (Å²) in [5.74, 6) is 5.39. The first-order valence-electron chi connectivity index (χ1n) is 14.3. The molecule has 1 saturated heterocycles. The zero-order valence-electron chi connectivity index (χ0n) is 25.5. The van der Waals surface area contributed by atoms with E-state index in [0.717, 1.165) is 54.1 Å². The molecule has 5 rings (SSSR count). The Morgan fingerprint density at radius 1 is 1.23 bits per heavy atom. The van der Waals surface area contributed by atoms with E-state index < -0.39 is 18.1 Å². The fourth-order valence-corrected chi connectivity index (χ4v) is 5.52. The molecule has 3 aliphatic rings. The summed E-state index contributed by atoms with van der Waals surface area (Å²) in [7, 11) is 0. The Kier molecular flexibility index (Phi) is 10.6. The van der Waals surface area contributed by atoms with E-state index in [4.69, 9.17) is 14.8 Å². The van der Waals surface area contributed by atoms with Crippen molar-refractivity contribution in [3.8, 4) is 17.9 Å². The highest BCUT2D eigenvalue weighted by atomic mass is 19.4. The molecule has 4 atom stereocenters. The fourth-order valence-electron chi connectivity index (χ4n) is 5.52. The topological polar surface area (TPSA) is 138 Å². The molecule has 2 heterocycles. The zero-order chi connectivity index (χ0) is 32.9. The SMILES string of the molecule is CC#Cc1cccc2cncc(C(C#N)NC=O)c12.C[C@H](CC(=O)N1CC2C(C1)C2(C)C)OC1(C)CC1.NC(=O)C(F)(F)F. The normalized spacial score (nSPS) is 21.3. The molecule has 2 aliphatic carbocycles. The number of nitrogens with one attached hydrogen (secondary N) is 1. The third kappa shape index (κ3) is 8.48. The van der Waals surface area contributed by atoms with Gasteiger partial charge in [0.2, 0.25) is 12.3 Å². The minimum Gasteiger partial charge on any atom is -0.372 e. The number of aromatic nitrogens is 1. The number of fused-ring (bicyclic) bond motifs is 2. The number of primary amides is 1. The number of hydrogen-bond acceptors (Lipinski definition) is 6. The molecule has 2 aromatic rings. The number of halogens is 3. The van der Waals surface area contributed by atoms with Gasteiger partial charge in [-0.05, 0) is 56.9 Å². The molecule has 0 radical (unpaired) electrons. The second-order valence-electron chi connectivity index (χ2n) is 12.1. The molecule has 3 fully saturated rings. The van der Waals surface area contributed by atoms with E-state index in [2.05, 4.69) is 59.6 Å². The molecule has 3 unspecified atom stereocenters. The second-order valence-corrected chi connectivity index (χ2v) is 12.1. The van der Waals surface area contributed by atoms with E-state index in [0.29, 0.717) is 23.8 Å². The summed E-state index contributed by atoms with van der Waals surface area (Å²) in [6, 6.07) is 7.00. The van der Waals surface area contributed by atoms with E-state index in [1.165, 1.54) is 0 Å². The number of benzene rings is 1. The van der Waals surface area contributed by atoms with Crippen molar-refractivity contribution in [2.24, 2.45) is 23.0 Å². The standard InChI is InChI=1S/C15H11N3O.C15H25NO2.C2H2F3NO/c1-2-4-11-5-3-6-12-8-17-9-13(15(11)12)14(7-16)18-10-19;1-10(18-15(4)5-6-15)7-13(17)16-8-11-12(9-16)14(11,2)3;3-2(4,5)1(6)7/h3,5-6,8-10,14H,1H3,(H,18,19);10-12H,5-9H2,1-4H3;(H2,6,7)/t;10-,11?,12?;/m.1./s1. The van der Waals surface area contributed by atoms with Crippen molar-refractivity contribution >= 4 is 29.0 Å². The van der Waals surface area contributed by atoms with E-state index in [9.17, 15) is 22.8 Å². The van der Waals surface area contributed by atoms with Crippen LogP contribution in [-0.2, 0) is 19.1 Å². The number of nitrogens with zero attached hydrogens (tertiary/aromatic N) is 3. The summed E-state index contributed by atoms with van der Waals surface area (Å²) in [6.45, 7) is 12.5. The average molecular weight is 614 g/mol. The predicted octanol–water partition coefficient (Wildman–Crippen LogP) is 4.40. The molecular formula is C32H38F3N5O4. The van der Waals surface area contributed by atoms with Gasteiger partial charge in [0.1, 0.15) is 6.04 Å². The Morgan fingerprint density at radius 2 is 1.84 bits per heavy atom. The lowest BCUT2D eigenvalue weighted by Crippen LogP contribution is -2.35. The maximum Gasteiger partial charge on any atom is 0.470 e. The van der Waals surface area contributed by atoms with Crippen molar-refractivity contribution in [1.29, 1.82) is 5.26 Å². The number of nitrogens with two attached hydrogens (primary N) is 1. The molecule has 1 aromatic carbocycles. The van der Waals surface area contributed by atoms with Crippen LogP contribution in [0.15, 0.2) is 30.6 Å². The number of carbonyl (C=O) groups is 3. The number of alkyl halides is 3. The minimum absolute atomic E-state index is 0.0648. The summed E-state index contributed by atoms with van der Waals surface area (Å²) in [5.41, 5.74) is 5.85. The number of pyridine rings is 1. The minimum atomic E-state index is -4.86. The van der Waals surface area contributed by atoms with Crippen molar-refractivity contribution in [2.45, 2.75) is 77.8 Å². The largest absolute Gasteiger partial charge is 0.470 e. The van der Waals surface area contributed by atoms with Crippen molar-refractivity contribution in [3.63, 3.8) is 0 Å². The monoisotopic (exact) mass is 613 g/mol. The highest BCUT2D eigenvalue weighted by Gasteiger charge is 2.62. The van der Waals surface area contributed by atoms with Gasteiger partial charge in [-0.3, -0.25) is 19.4 Å². The summed E-state index contributed by atoms with van der Waals surface area (Å²) in [4.78, 5) is 38.0. The number of piperidine rings is 1. The quantitative estimate of drug-likeness (QED) is 0.351. The molecule has 3 N–H and O–H groups in total. The lowest BCUT2D eigenvalue weighted by molar-refractivity contribution is -0.169. The van der Waals surface area contributed by atoms with Gasteiger partial charge in [0.15, 0.2) is 0 Å². The van der Waals surface area contributed by atoms with Gasteiger partial charge in [-0.25, -0.2) is 0 Å². The van der Waals surface area contributed by atoms with Crippen LogP contribution in [0.25, 0.3) is 10.8 Å². The Balaban J connectivity index is 0.000000199. The number of likely N-dealkylation sites (tertiary alicyclic amines) is 1. The van der Waals surface area contributed by atoms with Crippen LogP contribution in [0.3, 0.4) is 0 Å². The molecule has 236 valence electrons. The van der Waals surface area contributed by atoms with Gasteiger partial charge in [0.25, 0.3) is 0 Å². The van der Waals surface area contributed by atoms with Gasteiger partial charge < -0.3 is 20.7 Å². The summed E-state index contributed by atoms with van der Waals surface area (Å²) in [5, 5.41) is 13.4. The van der Waals surface area contributed by atoms with Crippen LogP contribution in [0.5, 0.6) is 0 Å². The number of nitriles is 1. The zero-order valence-corrected chi connectivity index (χ0v) is 25.5. The Bertz CT molecular complexity index is 1470. The van der Waals surface area contributed by atoms with E-state index in [1.54, 1.807) is 19.3 Å². The van der Waals surface area contributed by atoms with Gasteiger partial charge in [0.05, 0.1) is 24.2 Å². The highest BCUT2D eigenvalue weighted by molar-refractivity contribution is 5.91. The van der Waals surface area contributed by atoms with Crippen molar-refractivity contribution < 1.29 is 32.3 Å². The molecule has 44 heavy (non-hydrogen) atoms. The van der Waals surface area contributed by atoms with Crippen LogP contribution >= 0.6 is 0 Å². The average Bonchev–Trinajstić information content (AvgIpc) is 3.68. The Morgan fingerprint density at radius 3 is 2.34 bits per heavy atom. The number of amides is 3. The molecule has 3 amide bonds. The van der Waals surface area contributed by atoms with Gasteiger partial charge in [-0.15, -0.1) is 5.92 Å². The third-order valence-corrected chi connectivity index (χ3v) is 8.40. The molecule has 0 bridgehead atoms. The molecule has 9 nitrogen and oxygen atoms in total. The smallest absolute Gasteiger partial charge is 0.372 e. The first-order chi connectivity index (χ1) is 20.6. The summed E-state index contributed by atoms with van der Waals surface area (Å²) >= 11 is 0. The van der Waals surface area contributed by atoms with Crippen molar-refractivity contribution in [2.75, 3.05) is 13.1 Å². The second kappa shape index (κ2) is 13.6. The van der Waals surface area contributed by atoms with E-state index in [-0.39, 0.29) is 17.6 Å². The Labute approximate surface area is 255 Å². The summed E-state index contributed by atoms with van der Waals surface area (Å²) < 4.78 is 38.0. The van der Waals surface area contributed by atoms with Gasteiger partial charge >= 0.3 is 12.1 Å². The van der Waals surface area contributed by atoms with Gasteiger partial charge in [-0.2, -0.15) is 18.4 Å². The first kappa shape index (κ1) is 34.3.